The number of hydrogen-bond acceptors (Lipinski definition) is 4. The molecule has 1 unspecified atom stereocenters. The van der Waals surface area contributed by atoms with Crippen molar-refractivity contribution in [2.45, 2.75) is 26.3 Å². The Morgan fingerprint density at radius 3 is 3.06 bits per heavy atom. The molecule has 2 heterocycles. The fraction of sp³-hybridized carbons (Fsp3) is 0.615. The Kier molecular flexibility index (Phi) is 3.97. The molecule has 3 N–H and O–H groups in total. The molecule has 1 aliphatic rings. The Morgan fingerprint density at radius 2 is 2.35 bits per heavy atom. The molecule has 0 saturated carbocycles. The molecule has 0 bridgehead atoms. The fourth-order valence-electron chi connectivity index (χ4n) is 2.45. The zero-order valence-electron chi connectivity index (χ0n) is 10.4. The van der Waals surface area contributed by atoms with Crippen molar-refractivity contribution in [1.29, 1.82) is 0 Å². The molecule has 1 saturated heterocycles. The van der Waals surface area contributed by atoms with Crippen LogP contribution in [0.3, 0.4) is 0 Å². The molecule has 0 aromatic carbocycles. The molecule has 1 atom stereocenters. The minimum absolute atomic E-state index is 0.281. The van der Waals surface area contributed by atoms with Crippen LogP contribution in [0, 0.1) is 12.8 Å². The maximum absolute atomic E-state index is 8.97. The Hall–Kier alpha value is -1.13. The number of anilines is 1. The van der Waals surface area contributed by atoms with E-state index < -0.39 is 0 Å². The van der Waals surface area contributed by atoms with Gasteiger partial charge in [0.05, 0.1) is 0 Å². The summed E-state index contributed by atoms with van der Waals surface area (Å²) in [6.45, 7) is 4.83. The van der Waals surface area contributed by atoms with Gasteiger partial charge in [0, 0.05) is 37.5 Å². The maximum atomic E-state index is 8.97. The van der Waals surface area contributed by atoms with Crippen molar-refractivity contribution in [2.24, 2.45) is 11.7 Å². The minimum atomic E-state index is 0.281. The lowest BCUT2D eigenvalue weighted by Gasteiger charge is -2.20. The van der Waals surface area contributed by atoms with Crippen LogP contribution in [0.1, 0.15) is 24.1 Å². The van der Waals surface area contributed by atoms with E-state index in [9.17, 15) is 0 Å². The SMILES string of the molecule is Cc1ccc(CN)c(N2CCC(CCO)C2)n1. The van der Waals surface area contributed by atoms with Crippen LogP contribution in [0.5, 0.6) is 0 Å². The largest absolute Gasteiger partial charge is 0.396 e. The smallest absolute Gasteiger partial charge is 0.133 e. The highest BCUT2D eigenvalue weighted by molar-refractivity contribution is 5.48. The van der Waals surface area contributed by atoms with Crippen LogP contribution in [0.25, 0.3) is 0 Å². The number of aliphatic hydroxyl groups is 1. The number of nitrogens with zero attached hydrogens (tertiary/aromatic N) is 2. The van der Waals surface area contributed by atoms with E-state index in [1.807, 2.05) is 13.0 Å². The summed E-state index contributed by atoms with van der Waals surface area (Å²) in [5.74, 6) is 1.63. The van der Waals surface area contributed by atoms with Crippen LogP contribution in [-0.2, 0) is 6.54 Å². The molecule has 1 aromatic heterocycles. The molecular formula is C13H21N3O. The Balaban J connectivity index is 2.14. The van der Waals surface area contributed by atoms with Crippen LogP contribution in [0.15, 0.2) is 12.1 Å². The van der Waals surface area contributed by atoms with Gasteiger partial charge in [0.1, 0.15) is 5.82 Å². The third-order valence-corrected chi connectivity index (χ3v) is 3.44. The van der Waals surface area contributed by atoms with Gasteiger partial charge in [-0.25, -0.2) is 4.98 Å². The van der Waals surface area contributed by atoms with Crippen LogP contribution in [0.2, 0.25) is 0 Å². The summed E-state index contributed by atoms with van der Waals surface area (Å²) in [4.78, 5) is 6.91. The van der Waals surface area contributed by atoms with Gasteiger partial charge < -0.3 is 15.7 Å². The Labute approximate surface area is 102 Å². The summed E-state index contributed by atoms with van der Waals surface area (Å²) in [6.07, 6.45) is 2.03. The van der Waals surface area contributed by atoms with Crippen LogP contribution >= 0.6 is 0 Å². The quantitative estimate of drug-likeness (QED) is 0.819. The standard InChI is InChI=1S/C13H21N3O/c1-10-2-3-12(8-14)13(15-10)16-6-4-11(9-16)5-7-17/h2-3,11,17H,4-9,14H2,1H3. The van der Waals surface area contributed by atoms with Gasteiger partial charge in [-0.3, -0.25) is 0 Å². The highest BCUT2D eigenvalue weighted by atomic mass is 16.3. The van der Waals surface area contributed by atoms with Gasteiger partial charge in [-0.1, -0.05) is 6.07 Å². The Morgan fingerprint density at radius 1 is 1.53 bits per heavy atom. The highest BCUT2D eigenvalue weighted by Gasteiger charge is 2.24. The molecule has 94 valence electrons. The van der Waals surface area contributed by atoms with Crippen molar-refractivity contribution in [3.63, 3.8) is 0 Å². The molecule has 0 spiro atoms. The van der Waals surface area contributed by atoms with E-state index >= 15 is 0 Å². The van der Waals surface area contributed by atoms with Gasteiger partial charge in [-0.15, -0.1) is 0 Å². The van der Waals surface area contributed by atoms with E-state index in [1.165, 1.54) is 0 Å². The molecule has 0 aliphatic carbocycles. The second kappa shape index (κ2) is 5.47. The van der Waals surface area contributed by atoms with Crippen LogP contribution in [0.4, 0.5) is 5.82 Å². The van der Waals surface area contributed by atoms with E-state index in [0.717, 1.165) is 43.0 Å². The lowest BCUT2D eigenvalue weighted by molar-refractivity contribution is 0.263. The number of aryl methyl sites for hydroxylation is 1. The second-order valence-corrected chi connectivity index (χ2v) is 4.75. The predicted molar refractivity (Wildman–Crippen MR) is 68.9 cm³/mol. The summed E-state index contributed by atoms with van der Waals surface area (Å²) >= 11 is 0. The van der Waals surface area contributed by atoms with E-state index in [-0.39, 0.29) is 6.61 Å². The molecule has 4 nitrogen and oxygen atoms in total. The van der Waals surface area contributed by atoms with Crippen molar-refractivity contribution in [2.75, 3.05) is 24.6 Å². The summed E-state index contributed by atoms with van der Waals surface area (Å²) < 4.78 is 0. The molecule has 17 heavy (non-hydrogen) atoms. The van der Waals surface area contributed by atoms with E-state index in [2.05, 4.69) is 16.0 Å². The monoisotopic (exact) mass is 235 g/mol. The molecule has 0 radical (unpaired) electrons. The predicted octanol–water partition coefficient (Wildman–Crippen LogP) is 1.06. The minimum Gasteiger partial charge on any atom is -0.396 e. The van der Waals surface area contributed by atoms with Crippen molar-refractivity contribution in [1.82, 2.24) is 4.98 Å². The van der Waals surface area contributed by atoms with Crippen molar-refractivity contribution < 1.29 is 5.11 Å². The van der Waals surface area contributed by atoms with E-state index in [4.69, 9.17) is 10.8 Å². The number of aliphatic hydroxyl groups excluding tert-OH is 1. The first-order valence-electron chi connectivity index (χ1n) is 6.27. The second-order valence-electron chi connectivity index (χ2n) is 4.75. The molecular weight excluding hydrogens is 214 g/mol. The third-order valence-electron chi connectivity index (χ3n) is 3.44. The summed E-state index contributed by atoms with van der Waals surface area (Å²) in [7, 11) is 0. The number of pyridine rings is 1. The van der Waals surface area contributed by atoms with E-state index in [0.29, 0.717) is 12.5 Å². The van der Waals surface area contributed by atoms with Gasteiger partial charge >= 0.3 is 0 Å². The van der Waals surface area contributed by atoms with Crippen molar-refractivity contribution in [3.8, 4) is 0 Å². The van der Waals surface area contributed by atoms with Gasteiger partial charge in [0.2, 0.25) is 0 Å². The number of nitrogens with two attached hydrogens (primary N) is 1. The molecule has 1 fully saturated rings. The lowest BCUT2D eigenvalue weighted by Crippen LogP contribution is -2.23. The molecule has 0 amide bonds. The lowest BCUT2D eigenvalue weighted by atomic mass is 10.1. The number of aromatic nitrogens is 1. The maximum Gasteiger partial charge on any atom is 0.133 e. The zero-order chi connectivity index (χ0) is 12.3. The van der Waals surface area contributed by atoms with Crippen molar-refractivity contribution >= 4 is 5.82 Å². The van der Waals surface area contributed by atoms with Crippen LogP contribution < -0.4 is 10.6 Å². The van der Waals surface area contributed by atoms with E-state index in [1.54, 1.807) is 0 Å². The Bertz CT molecular complexity index is 381. The normalized spacial score (nSPS) is 19.9. The highest BCUT2D eigenvalue weighted by Crippen LogP contribution is 2.26. The first-order chi connectivity index (χ1) is 8.24. The fourth-order valence-corrected chi connectivity index (χ4v) is 2.45. The molecule has 1 aromatic rings. The summed E-state index contributed by atoms with van der Waals surface area (Å²) in [5.41, 5.74) is 7.90. The third kappa shape index (κ3) is 2.76. The first-order valence-corrected chi connectivity index (χ1v) is 6.27. The molecule has 1 aliphatic heterocycles. The molecule has 4 heteroatoms. The van der Waals surface area contributed by atoms with Gasteiger partial charge in [0.15, 0.2) is 0 Å². The first kappa shape index (κ1) is 12.3. The summed E-state index contributed by atoms with van der Waals surface area (Å²) in [5, 5.41) is 8.97. The average molecular weight is 235 g/mol. The number of rotatable bonds is 4. The topological polar surface area (TPSA) is 62.4 Å². The number of hydrogen-bond donors (Lipinski definition) is 2. The summed E-state index contributed by atoms with van der Waals surface area (Å²) in [6, 6.07) is 4.07. The zero-order valence-corrected chi connectivity index (χ0v) is 10.4. The van der Waals surface area contributed by atoms with Crippen molar-refractivity contribution in [3.05, 3.63) is 23.4 Å². The van der Waals surface area contributed by atoms with Gasteiger partial charge in [0.25, 0.3) is 0 Å². The average Bonchev–Trinajstić information content (AvgIpc) is 2.78. The van der Waals surface area contributed by atoms with Gasteiger partial charge in [-0.2, -0.15) is 0 Å². The van der Waals surface area contributed by atoms with Gasteiger partial charge in [-0.05, 0) is 31.7 Å². The van der Waals surface area contributed by atoms with Crippen LogP contribution in [-0.4, -0.2) is 29.8 Å². The molecule has 2 rings (SSSR count).